The van der Waals surface area contributed by atoms with E-state index >= 15 is 0 Å². The van der Waals surface area contributed by atoms with Crippen LogP contribution in [0.15, 0.2) is 12.5 Å². The van der Waals surface area contributed by atoms with Gasteiger partial charge < -0.3 is 10.3 Å². The standard InChI is InChI=1S/C9H17N3/c1-8(2)12-7-11-6-9(12)4-3-5-10/h6-8H,3-5,10H2,1-2H3. The maximum Gasteiger partial charge on any atom is 0.0950 e. The first-order valence-electron chi connectivity index (χ1n) is 4.46. The van der Waals surface area contributed by atoms with Crippen LogP contribution in [0.5, 0.6) is 0 Å². The van der Waals surface area contributed by atoms with Crippen LogP contribution in [-0.2, 0) is 6.42 Å². The van der Waals surface area contributed by atoms with Gasteiger partial charge in [0, 0.05) is 17.9 Å². The van der Waals surface area contributed by atoms with Gasteiger partial charge in [-0.15, -0.1) is 0 Å². The predicted octanol–water partition coefficient (Wildman–Crippen LogP) is 1.36. The summed E-state index contributed by atoms with van der Waals surface area (Å²) in [6, 6.07) is 0.500. The van der Waals surface area contributed by atoms with E-state index in [1.165, 1.54) is 5.69 Å². The SMILES string of the molecule is CC(C)n1cncc1CCCN. The number of hydrogen-bond acceptors (Lipinski definition) is 2. The minimum Gasteiger partial charge on any atom is -0.332 e. The molecule has 3 heteroatoms. The lowest BCUT2D eigenvalue weighted by Crippen LogP contribution is -2.07. The molecule has 0 amide bonds. The summed E-state index contributed by atoms with van der Waals surface area (Å²) in [5, 5.41) is 0. The molecule has 1 aromatic rings. The number of hydrogen-bond donors (Lipinski definition) is 1. The molecule has 0 radical (unpaired) electrons. The van der Waals surface area contributed by atoms with Gasteiger partial charge in [-0.2, -0.15) is 0 Å². The minimum atomic E-state index is 0.500. The Kier molecular flexibility index (Phi) is 3.29. The fourth-order valence-electron chi connectivity index (χ4n) is 1.27. The Morgan fingerprint density at radius 2 is 2.33 bits per heavy atom. The highest BCUT2D eigenvalue weighted by molar-refractivity contribution is 4.99. The Morgan fingerprint density at radius 3 is 2.92 bits per heavy atom. The second-order valence-corrected chi connectivity index (χ2v) is 3.28. The van der Waals surface area contributed by atoms with Gasteiger partial charge in [0.2, 0.25) is 0 Å². The summed E-state index contributed by atoms with van der Waals surface area (Å²) in [4.78, 5) is 4.12. The highest BCUT2D eigenvalue weighted by Crippen LogP contribution is 2.09. The highest BCUT2D eigenvalue weighted by atomic mass is 15.1. The van der Waals surface area contributed by atoms with Gasteiger partial charge in [0.1, 0.15) is 0 Å². The molecule has 0 unspecified atom stereocenters. The van der Waals surface area contributed by atoms with Crippen LogP contribution < -0.4 is 5.73 Å². The van der Waals surface area contributed by atoms with E-state index in [0.29, 0.717) is 6.04 Å². The Balaban J connectivity index is 2.64. The third-order valence-corrected chi connectivity index (χ3v) is 1.94. The molecule has 0 spiro atoms. The third kappa shape index (κ3) is 2.08. The minimum absolute atomic E-state index is 0.500. The summed E-state index contributed by atoms with van der Waals surface area (Å²) >= 11 is 0. The molecule has 2 N–H and O–H groups in total. The molecule has 0 aliphatic rings. The van der Waals surface area contributed by atoms with E-state index in [2.05, 4.69) is 23.4 Å². The van der Waals surface area contributed by atoms with Gasteiger partial charge in [-0.25, -0.2) is 4.98 Å². The lowest BCUT2D eigenvalue weighted by Gasteiger charge is -2.10. The van der Waals surface area contributed by atoms with Crippen LogP contribution in [0.1, 0.15) is 32.0 Å². The van der Waals surface area contributed by atoms with Crippen LogP contribution in [0.3, 0.4) is 0 Å². The van der Waals surface area contributed by atoms with Gasteiger partial charge >= 0.3 is 0 Å². The van der Waals surface area contributed by atoms with Crippen LogP contribution >= 0.6 is 0 Å². The van der Waals surface area contributed by atoms with E-state index in [9.17, 15) is 0 Å². The third-order valence-electron chi connectivity index (χ3n) is 1.94. The van der Waals surface area contributed by atoms with E-state index in [1.807, 2.05) is 12.5 Å². The summed E-state index contributed by atoms with van der Waals surface area (Å²) in [6.07, 6.45) is 5.89. The number of aryl methyl sites for hydroxylation is 1. The maximum absolute atomic E-state index is 5.44. The van der Waals surface area contributed by atoms with Crippen LogP contribution in [0.4, 0.5) is 0 Å². The van der Waals surface area contributed by atoms with Crippen molar-refractivity contribution in [3.63, 3.8) is 0 Å². The predicted molar refractivity (Wildman–Crippen MR) is 50.0 cm³/mol. The number of imidazole rings is 1. The summed E-state index contributed by atoms with van der Waals surface area (Å²) < 4.78 is 2.19. The first kappa shape index (κ1) is 9.26. The molecule has 68 valence electrons. The van der Waals surface area contributed by atoms with Crippen LogP contribution in [0.25, 0.3) is 0 Å². The van der Waals surface area contributed by atoms with Crippen molar-refractivity contribution in [1.29, 1.82) is 0 Å². The van der Waals surface area contributed by atoms with Gasteiger partial charge in [0.05, 0.1) is 6.33 Å². The lowest BCUT2D eigenvalue weighted by molar-refractivity contribution is 0.568. The molecule has 0 bridgehead atoms. The molecule has 0 fully saturated rings. The van der Waals surface area contributed by atoms with Gasteiger partial charge in [0.15, 0.2) is 0 Å². The summed E-state index contributed by atoms with van der Waals surface area (Å²) in [6.45, 7) is 5.07. The van der Waals surface area contributed by atoms with Gasteiger partial charge in [0.25, 0.3) is 0 Å². The largest absolute Gasteiger partial charge is 0.332 e. The fourth-order valence-corrected chi connectivity index (χ4v) is 1.27. The zero-order valence-corrected chi connectivity index (χ0v) is 7.83. The van der Waals surface area contributed by atoms with Crippen LogP contribution in [0, 0.1) is 0 Å². The molecule has 0 aromatic carbocycles. The van der Waals surface area contributed by atoms with Crippen molar-refractivity contribution >= 4 is 0 Å². The number of nitrogens with zero attached hydrogens (tertiary/aromatic N) is 2. The normalized spacial score (nSPS) is 11.0. The number of aromatic nitrogens is 2. The lowest BCUT2D eigenvalue weighted by atomic mass is 10.2. The van der Waals surface area contributed by atoms with E-state index in [-0.39, 0.29) is 0 Å². The van der Waals surface area contributed by atoms with Crippen molar-refractivity contribution in [2.45, 2.75) is 32.7 Å². The van der Waals surface area contributed by atoms with Crippen molar-refractivity contribution in [2.75, 3.05) is 6.54 Å². The topological polar surface area (TPSA) is 43.8 Å². The molecule has 0 aliphatic carbocycles. The second-order valence-electron chi connectivity index (χ2n) is 3.28. The molecule has 0 aliphatic heterocycles. The van der Waals surface area contributed by atoms with E-state index in [1.54, 1.807) is 0 Å². The molecule has 3 nitrogen and oxygen atoms in total. The molecule has 12 heavy (non-hydrogen) atoms. The van der Waals surface area contributed by atoms with Gasteiger partial charge in [-0.05, 0) is 33.2 Å². The van der Waals surface area contributed by atoms with Crippen LogP contribution in [0.2, 0.25) is 0 Å². The first-order chi connectivity index (χ1) is 5.75. The van der Waals surface area contributed by atoms with Gasteiger partial charge in [-0.1, -0.05) is 0 Å². The highest BCUT2D eigenvalue weighted by Gasteiger charge is 2.03. The summed E-state index contributed by atoms with van der Waals surface area (Å²) in [7, 11) is 0. The molecule has 0 saturated heterocycles. The van der Waals surface area contributed by atoms with E-state index < -0.39 is 0 Å². The smallest absolute Gasteiger partial charge is 0.0950 e. The summed E-state index contributed by atoms with van der Waals surface area (Å²) in [5.41, 5.74) is 6.73. The Bertz CT molecular complexity index is 227. The van der Waals surface area contributed by atoms with Gasteiger partial charge in [-0.3, -0.25) is 0 Å². The average Bonchev–Trinajstić information content (AvgIpc) is 2.48. The Morgan fingerprint density at radius 1 is 1.58 bits per heavy atom. The quantitative estimate of drug-likeness (QED) is 0.735. The monoisotopic (exact) mass is 167 g/mol. The first-order valence-corrected chi connectivity index (χ1v) is 4.46. The number of rotatable bonds is 4. The maximum atomic E-state index is 5.44. The van der Waals surface area contributed by atoms with Crippen molar-refractivity contribution in [1.82, 2.24) is 9.55 Å². The Hall–Kier alpha value is -0.830. The second kappa shape index (κ2) is 4.26. The van der Waals surface area contributed by atoms with Crippen molar-refractivity contribution < 1.29 is 0 Å². The van der Waals surface area contributed by atoms with E-state index in [0.717, 1.165) is 19.4 Å². The molecular formula is C9H17N3. The molecule has 1 heterocycles. The number of nitrogens with two attached hydrogens (primary N) is 1. The van der Waals surface area contributed by atoms with Crippen LogP contribution in [-0.4, -0.2) is 16.1 Å². The zero-order chi connectivity index (χ0) is 8.97. The molecule has 0 atom stereocenters. The summed E-state index contributed by atoms with van der Waals surface area (Å²) in [5.74, 6) is 0. The average molecular weight is 167 g/mol. The molecule has 1 aromatic heterocycles. The van der Waals surface area contributed by atoms with E-state index in [4.69, 9.17) is 5.73 Å². The fraction of sp³-hybridized carbons (Fsp3) is 0.667. The zero-order valence-electron chi connectivity index (χ0n) is 7.83. The molecular weight excluding hydrogens is 150 g/mol. The molecule has 0 saturated carbocycles. The molecule has 1 rings (SSSR count). The van der Waals surface area contributed by atoms with Crippen molar-refractivity contribution in [3.05, 3.63) is 18.2 Å². The van der Waals surface area contributed by atoms with Crippen molar-refractivity contribution in [3.8, 4) is 0 Å². The van der Waals surface area contributed by atoms with Crippen molar-refractivity contribution in [2.24, 2.45) is 5.73 Å². The Labute approximate surface area is 73.6 Å².